The number of unbranched alkanes of at least 4 members (excludes halogenated alkanes) is 9. The SMILES string of the molecule is CCC1OC1CCCCC#CCCCCCCCCCC(=O)OC. The monoisotopic (exact) mass is 336 g/mol. The van der Waals surface area contributed by atoms with Crippen molar-refractivity contribution in [2.24, 2.45) is 0 Å². The first-order chi connectivity index (χ1) is 11.8. The molecule has 1 fully saturated rings. The van der Waals surface area contributed by atoms with Gasteiger partial charge in [0.25, 0.3) is 0 Å². The molecule has 1 rings (SSSR count). The normalized spacial score (nSPS) is 18.8. The van der Waals surface area contributed by atoms with E-state index in [0.29, 0.717) is 18.6 Å². The molecule has 0 saturated carbocycles. The average Bonchev–Trinajstić information content (AvgIpc) is 3.36. The minimum atomic E-state index is -0.0837. The molecule has 0 radical (unpaired) electrons. The molecular formula is C21H36O3. The Hall–Kier alpha value is -1.01. The average molecular weight is 337 g/mol. The Labute approximate surface area is 148 Å². The summed E-state index contributed by atoms with van der Waals surface area (Å²) in [6, 6.07) is 0. The van der Waals surface area contributed by atoms with Crippen LogP contribution in [0.2, 0.25) is 0 Å². The zero-order chi connectivity index (χ0) is 17.5. The van der Waals surface area contributed by atoms with Crippen molar-refractivity contribution in [1.29, 1.82) is 0 Å². The molecule has 138 valence electrons. The number of hydrogen-bond donors (Lipinski definition) is 0. The molecule has 0 aromatic rings. The first-order valence-electron chi connectivity index (χ1n) is 9.96. The smallest absolute Gasteiger partial charge is 0.305 e. The lowest BCUT2D eigenvalue weighted by Gasteiger charge is -2.00. The topological polar surface area (TPSA) is 38.8 Å². The van der Waals surface area contributed by atoms with Crippen LogP contribution in [0, 0.1) is 11.8 Å². The van der Waals surface area contributed by atoms with Crippen LogP contribution in [0.25, 0.3) is 0 Å². The van der Waals surface area contributed by atoms with Crippen molar-refractivity contribution in [2.75, 3.05) is 7.11 Å². The van der Waals surface area contributed by atoms with Gasteiger partial charge < -0.3 is 9.47 Å². The molecule has 1 aliphatic heterocycles. The van der Waals surface area contributed by atoms with Crippen LogP contribution in [-0.4, -0.2) is 25.3 Å². The molecule has 2 unspecified atom stereocenters. The van der Waals surface area contributed by atoms with E-state index >= 15 is 0 Å². The van der Waals surface area contributed by atoms with Gasteiger partial charge in [0.1, 0.15) is 0 Å². The highest BCUT2D eigenvalue weighted by Gasteiger charge is 2.35. The molecule has 0 N–H and O–H groups in total. The van der Waals surface area contributed by atoms with Gasteiger partial charge in [0.05, 0.1) is 19.3 Å². The second kappa shape index (κ2) is 14.3. The highest BCUT2D eigenvalue weighted by atomic mass is 16.6. The van der Waals surface area contributed by atoms with Crippen LogP contribution in [0.5, 0.6) is 0 Å². The Kier molecular flexibility index (Phi) is 12.6. The zero-order valence-corrected chi connectivity index (χ0v) is 15.8. The van der Waals surface area contributed by atoms with Crippen LogP contribution in [-0.2, 0) is 14.3 Å². The molecule has 2 atom stereocenters. The van der Waals surface area contributed by atoms with Gasteiger partial charge in [-0.15, -0.1) is 11.8 Å². The molecule has 1 heterocycles. The van der Waals surface area contributed by atoms with Crippen molar-refractivity contribution < 1.29 is 14.3 Å². The molecular weight excluding hydrogens is 300 g/mol. The summed E-state index contributed by atoms with van der Waals surface area (Å²) in [5.74, 6) is 6.53. The van der Waals surface area contributed by atoms with Gasteiger partial charge in [0.15, 0.2) is 0 Å². The first kappa shape index (κ1) is 21.0. The van der Waals surface area contributed by atoms with Crippen molar-refractivity contribution in [2.45, 2.75) is 109 Å². The van der Waals surface area contributed by atoms with Gasteiger partial charge >= 0.3 is 5.97 Å². The lowest BCUT2D eigenvalue weighted by molar-refractivity contribution is -0.140. The molecule has 3 nitrogen and oxygen atoms in total. The predicted molar refractivity (Wildman–Crippen MR) is 98.8 cm³/mol. The number of epoxide rings is 1. The van der Waals surface area contributed by atoms with E-state index in [0.717, 1.165) is 32.1 Å². The summed E-state index contributed by atoms with van der Waals surface area (Å²) in [6.07, 6.45) is 17.0. The Balaban J connectivity index is 1.73. The van der Waals surface area contributed by atoms with E-state index in [-0.39, 0.29) is 5.97 Å². The van der Waals surface area contributed by atoms with Gasteiger partial charge in [-0.25, -0.2) is 0 Å². The molecule has 0 amide bonds. The number of carbonyl (C=O) groups is 1. The fourth-order valence-electron chi connectivity index (χ4n) is 3.00. The maximum Gasteiger partial charge on any atom is 0.305 e. The lowest BCUT2D eigenvalue weighted by atomic mass is 10.1. The van der Waals surface area contributed by atoms with E-state index in [1.165, 1.54) is 58.5 Å². The number of esters is 1. The van der Waals surface area contributed by atoms with E-state index < -0.39 is 0 Å². The first-order valence-corrected chi connectivity index (χ1v) is 9.96. The fraction of sp³-hybridized carbons (Fsp3) is 0.857. The summed E-state index contributed by atoms with van der Waals surface area (Å²) in [5.41, 5.74) is 0. The third-order valence-electron chi connectivity index (χ3n) is 4.67. The summed E-state index contributed by atoms with van der Waals surface area (Å²) in [4.78, 5) is 10.9. The minimum absolute atomic E-state index is 0.0837. The Morgan fingerprint density at radius 2 is 1.46 bits per heavy atom. The Morgan fingerprint density at radius 3 is 2.04 bits per heavy atom. The molecule has 3 heteroatoms. The fourth-order valence-corrected chi connectivity index (χ4v) is 3.00. The van der Waals surface area contributed by atoms with Gasteiger partial charge in [0, 0.05) is 19.3 Å². The second-order valence-electron chi connectivity index (χ2n) is 6.77. The quantitative estimate of drug-likeness (QED) is 0.184. The number of ether oxygens (including phenoxy) is 2. The summed E-state index contributed by atoms with van der Waals surface area (Å²) in [7, 11) is 1.45. The van der Waals surface area contributed by atoms with E-state index in [9.17, 15) is 4.79 Å². The zero-order valence-electron chi connectivity index (χ0n) is 15.8. The van der Waals surface area contributed by atoms with Crippen LogP contribution in [0.4, 0.5) is 0 Å². The number of carbonyl (C=O) groups excluding carboxylic acids is 1. The molecule has 0 spiro atoms. The van der Waals surface area contributed by atoms with Crippen molar-refractivity contribution >= 4 is 5.97 Å². The van der Waals surface area contributed by atoms with E-state index in [2.05, 4.69) is 23.5 Å². The molecule has 24 heavy (non-hydrogen) atoms. The standard InChI is InChI=1S/C21H36O3/c1-3-19-20(24-19)17-15-13-11-9-7-5-4-6-8-10-12-14-16-18-21(22)23-2/h19-20H,3-6,8,10-18H2,1-2H3. The molecule has 1 aliphatic rings. The molecule has 0 bridgehead atoms. The molecule has 0 aromatic carbocycles. The summed E-state index contributed by atoms with van der Waals surface area (Å²) < 4.78 is 10.2. The predicted octanol–water partition coefficient (Wildman–Crippen LogP) is 5.41. The summed E-state index contributed by atoms with van der Waals surface area (Å²) >= 11 is 0. The summed E-state index contributed by atoms with van der Waals surface area (Å²) in [5, 5.41) is 0. The van der Waals surface area contributed by atoms with Gasteiger partial charge in [-0.1, -0.05) is 39.0 Å². The Bertz CT molecular complexity index is 380. The lowest BCUT2D eigenvalue weighted by Crippen LogP contribution is -1.99. The van der Waals surface area contributed by atoms with Gasteiger partial charge in [-0.05, 0) is 38.5 Å². The third-order valence-corrected chi connectivity index (χ3v) is 4.67. The van der Waals surface area contributed by atoms with Crippen LogP contribution in [0.1, 0.15) is 96.8 Å². The van der Waals surface area contributed by atoms with Crippen LogP contribution < -0.4 is 0 Å². The van der Waals surface area contributed by atoms with Crippen LogP contribution in [0.15, 0.2) is 0 Å². The van der Waals surface area contributed by atoms with Crippen molar-refractivity contribution in [1.82, 2.24) is 0 Å². The summed E-state index contributed by atoms with van der Waals surface area (Å²) in [6.45, 7) is 2.20. The van der Waals surface area contributed by atoms with Crippen LogP contribution >= 0.6 is 0 Å². The minimum Gasteiger partial charge on any atom is -0.469 e. The van der Waals surface area contributed by atoms with Gasteiger partial charge in [-0.2, -0.15) is 0 Å². The number of hydrogen-bond acceptors (Lipinski definition) is 3. The van der Waals surface area contributed by atoms with Gasteiger partial charge in [-0.3, -0.25) is 4.79 Å². The molecule has 0 aromatic heterocycles. The van der Waals surface area contributed by atoms with Crippen LogP contribution in [0.3, 0.4) is 0 Å². The van der Waals surface area contributed by atoms with Crippen molar-refractivity contribution in [3.05, 3.63) is 0 Å². The number of rotatable bonds is 14. The van der Waals surface area contributed by atoms with Crippen molar-refractivity contribution in [3.8, 4) is 11.8 Å². The molecule has 1 saturated heterocycles. The van der Waals surface area contributed by atoms with E-state index in [4.69, 9.17) is 4.74 Å². The highest BCUT2D eigenvalue weighted by molar-refractivity contribution is 5.68. The van der Waals surface area contributed by atoms with E-state index in [1.807, 2.05) is 0 Å². The maximum atomic E-state index is 10.9. The second-order valence-corrected chi connectivity index (χ2v) is 6.77. The van der Waals surface area contributed by atoms with Crippen molar-refractivity contribution in [3.63, 3.8) is 0 Å². The van der Waals surface area contributed by atoms with Gasteiger partial charge in [0.2, 0.25) is 0 Å². The third kappa shape index (κ3) is 11.5. The number of methoxy groups -OCH3 is 1. The molecule has 0 aliphatic carbocycles. The van der Waals surface area contributed by atoms with E-state index in [1.54, 1.807) is 0 Å². The largest absolute Gasteiger partial charge is 0.469 e. The maximum absolute atomic E-state index is 10.9. The Morgan fingerprint density at radius 1 is 0.875 bits per heavy atom. The highest BCUT2D eigenvalue weighted by Crippen LogP contribution is 2.29.